The molecule has 1 aliphatic heterocycles. The van der Waals surface area contributed by atoms with E-state index in [9.17, 15) is 4.79 Å². The Labute approximate surface area is 186 Å². The van der Waals surface area contributed by atoms with Crippen LogP contribution in [0.1, 0.15) is 21.3 Å². The van der Waals surface area contributed by atoms with Crippen molar-refractivity contribution in [3.8, 4) is 21.5 Å². The topological polar surface area (TPSA) is 101 Å². The average Bonchev–Trinajstić information content (AvgIpc) is 3.55. The van der Waals surface area contributed by atoms with Gasteiger partial charge in [0.1, 0.15) is 4.88 Å². The highest BCUT2D eigenvalue weighted by Crippen LogP contribution is 2.27. The summed E-state index contributed by atoms with van der Waals surface area (Å²) in [5.74, 6) is 1.77. The van der Waals surface area contributed by atoms with E-state index < -0.39 is 0 Å². The highest BCUT2D eigenvalue weighted by Gasteiger charge is 2.27. The van der Waals surface area contributed by atoms with Gasteiger partial charge in [-0.05, 0) is 24.4 Å². The van der Waals surface area contributed by atoms with Gasteiger partial charge in [-0.15, -0.1) is 22.7 Å². The number of nitrogens with zero attached hydrogens (tertiary/aromatic N) is 7. The summed E-state index contributed by atoms with van der Waals surface area (Å²) >= 11 is 2.93. The smallest absolute Gasteiger partial charge is 0.265 e. The van der Waals surface area contributed by atoms with E-state index in [1.165, 1.54) is 11.3 Å². The van der Waals surface area contributed by atoms with Crippen LogP contribution in [0.25, 0.3) is 21.5 Å². The number of hydrogen-bond acceptors (Lipinski definition) is 10. The molecule has 0 aliphatic carbocycles. The van der Waals surface area contributed by atoms with Gasteiger partial charge in [0.05, 0.1) is 17.1 Å². The number of thiazole rings is 1. The lowest BCUT2D eigenvalue weighted by Crippen LogP contribution is -2.48. The molecule has 9 nitrogen and oxygen atoms in total. The zero-order valence-electron chi connectivity index (χ0n) is 16.8. The SMILES string of the molecule is Cc1nc(-c2ncccn2)sc1C(=O)N1CCN(Cc2nc(-c3cccs3)no2)CC1. The first-order valence-corrected chi connectivity index (χ1v) is 11.5. The molecule has 4 aromatic rings. The van der Waals surface area contributed by atoms with E-state index in [-0.39, 0.29) is 5.91 Å². The van der Waals surface area contributed by atoms with Crippen molar-refractivity contribution in [1.82, 2.24) is 34.9 Å². The van der Waals surface area contributed by atoms with E-state index in [1.54, 1.807) is 29.8 Å². The molecular formula is C20H19N7O2S2. The number of aromatic nitrogens is 5. The summed E-state index contributed by atoms with van der Waals surface area (Å²) in [6, 6.07) is 5.69. The van der Waals surface area contributed by atoms with Crippen LogP contribution in [0.4, 0.5) is 0 Å². The molecule has 0 radical (unpaired) electrons. The Morgan fingerprint density at radius 2 is 1.90 bits per heavy atom. The minimum absolute atomic E-state index is 0.00889. The molecule has 158 valence electrons. The third-order valence-corrected chi connectivity index (χ3v) is 6.98. The first kappa shape index (κ1) is 19.9. The van der Waals surface area contributed by atoms with Gasteiger partial charge in [0, 0.05) is 38.6 Å². The number of carbonyl (C=O) groups is 1. The number of carbonyl (C=O) groups excluding carboxylic acids is 1. The zero-order chi connectivity index (χ0) is 21.2. The third-order valence-electron chi connectivity index (χ3n) is 4.98. The fourth-order valence-electron chi connectivity index (χ4n) is 3.37. The van der Waals surface area contributed by atoms with Crippen LogP contribution < -0.4 is 0 Å². The van der Waals surface area contributed by atoms with Crippen molar-refractivity contribution in [2.24, 2.45) is 0 Å². The maximum atomic E-state index is 13.1. The molecule has 4 aromatic heterocycles. The van der Waals surface area contributed by atoms with Gasteiger partial charge in [0.25, 0.3) is 5.91 Å². The molecule has 0 bridgehead atoms. The van der Waals surface area contributed by atoms with Crippen molar-refractivity contribution in [2.45, 2.75) is 13.5 Å². The van der Waals surface area contributed by atoms with Crippen molar-refractivity contribution in [1.29, 1.82) is 0 Å². The molecule has 1 aliphatic rings. The summed E-state index contributed by atoms with van der Waals surface area (Å²) in [7, 11) is 0. The van der Waals surface area contributed by atoms with Gasteiger partial charge >= 0.3 is 0 Å². The lowest BCUT2D eigenvalue weighted by Gasteiger charge is -2.33. The van der Waals surface area contributed by atoms with Gasteiger partial charge < -0.3 is 9.42 Å². The Morgan fingerprint density at radius 1 is 1.10 bits per heavy atom. The molecule has 31 heavy (non-hydrogen) atoms. The van der Waals surface area contributed by atoms with Gasteiger partial charge in [-0.2, -0.15) is 4.98 Å². The fourth-order valence-corrected chi connectivity index (χ4v) is 5.00. The Hall–Kier alpha value is -3.02. The quantitative estimate of drug-likeness (QED) is 0.455. The van der Waals surface area contributed by atoms with Crippen LogP contribution in [-0.4, -0.2) is 67.0 Å². The summed E-state index contributed by atoms with van der Waals surface area (Å²) in [4.78, 5) is 36.2. The fraction of sp³-hybridized carbons (Fsp3) is 0.300. The molecule has 1 saturated heterocycles. The Balaban J connectivity index is 1.20. The van der Waals surface area contributed by atoms with Crippen LogP contribution in [0.2, 0.25) is 0 Å². The first-order valence-electron chi connectivity index (χ1n) is 9.80. The Kier molecular flexibility index (Phi) is 5.53. The van der Waals surface area contributed by atoms with Gasteiger partial charge in [-0.1, -0.05) is 11.2 Å². The van der Waals surface area contributed by atoms with E-state index in [0.717, 1.165) is 18.0 Å². The van der Waals surface area contributed by atoms with Crippen LogP contribution in [-0.2, 0) is 6.54 Å². The Bertz CT molecular complexity index is 1170. The second kappa shape index (κ2) is 8.61. The number of rotatable bonds is 5. The largest absolute Gasteiger partial charge is 0.338 e. The number of thiophene rings is 1. The normalized spacial score (nSPS) is 14.8. The van der Waals surface area contributed by atoms with Crippen LogP contribution in [0.3, 0.4) is 0 Å². The average molecular weight is 454 g/mol. The number of amides is 1. The van der Waals surface area contributed by atoms with E-state index in [4.69, 9.17) is 4.52 Å². The molecule has 0 saturated carbocycles. The predicted molar refractivity (Wildman–Crippen MR) is 117 cm³/mol. The lowest BCUT2D eigenvalue weighted by atomic mass is 10.2. The van der Waals surface area contributed by atoms with Gasteiger partial charge in [-0.3, -0.25) is 9.69 Å². The number of piperazine rings is 1. The van der Waals surface area contributed by atoms with Crippen LogP contribution in [0.15, 0.2) is 40.5 Å². The minimum atomic E-state index is 0.00889. The van der Waals surface area contributed by atoms with Crippen molar-refractivity contribution >= 4 is 28.6 Å². The van der Waals surface area contributed by atoms with Crippen molar-refractivity contribution in [3.63, 3.8) is 0 Å². The molecule has 5 rings (SSSR count). The predicted octanol–water partition coefficient (Wildman–Crippen LogP) is 2.98. The molecule has 11 heteroatoms. The Morgan fingerprint density at radius 3 is 2.65 bits per heavy atom. The molecule has 0 aromatic carbocycles. The minimum Gasteiger partial charge on any atom is -0.338 e. The highest BCUT2D eigenvalue weighted by molar-refractivity contribution is 7.17. The van der Waals surface area contributed by atoms with Crippen molar-refractivity contribution in [2.75, 3.05) is 26.2 Å². The molecule has 1 fully saturated rings. The third kappa shape index (κ3) is 4.24. The zero-order valence-corrected chi connectivity index (χ0v) is 18.4. The van der Waals surface area contributed by atoms with Gasteiger partial charge in [0.2, 0.25) is 11.7 Å². The molecular weight excluding hydrogens is 434 g/mol. The second-order valence-electron chi connectivity index (χ2n) is 7.06. The monoisotopic (exact) mass is 453 g/mol. The van der Waals surface area contributed by atoms with Crippen LogP contribution in [0.5, 0.6) is 0 Å². The maximum absolute atomic E-state index is 13.1. The van der Waals surface area contributed by atoms with E-state index in [1.807, 2.05) is 29.3 Å². The van der Waals surface area contributed by atoms with Crippen LogP contribution in [0, 0.1) is 6.92 Å². The molecule has 0 spiro atoms. The van der Waals surface area contributed by atoms with Gasteiger partial charge in [-0.25, -0.2) is 15.0 Å². The van der Waals surface area contributed by atoms with E-state index in [2.05, 4.69) is 30.0 Å². The first-order chi connectivity index (χ1) is 15.2. The standard InChI is InChI=1S/C20H19N7O2S2/c1-13-16(31-19(23-13)18-21-5-3-6-22-18)20(28)27-9-7-26(8-10-27)12-15-24-17(25-29-15)14-4-2-11-30-14/h2-6,11H,7-10,12H2,1H3. The van der Waals surface area contributed by atoms with Gasteiger partial charge in [0.15, 0.2) is 10.8 Å². The molecule has 0 atom stereocenters. The highest BCUT2D eigenvalue weighted by atomic mass is 32.1. The molecule has 0 N–H and O–H groups in total. The number of hydrogen-bond donors (Lipinski definition) is 0. The van der Waals surface area contributed by atoms with E-state index in [0.29, 0.717) is 52.8 Å². The van der Waals surface area contributed by atoms with Crippen molar-refractivity contribution < 1.29 is 9.32 Å². The summed E-state index contributed by atoms with van der Waals surface area (Å²) in [6.07, 6.45) is 3.35. The summed E-state index contributed by atoms with van der Waals surface area (Å²) in [5, 5.41) is 6.71. The summed E-state index contributed by atoms with van der Waals surface area (Å²) in [6.45, 7) is 5.20. The summed E-state index contributed by atoms with van der Waals surface area (Å²) < 4.78 is 5.40. The van der Waals surface area contributed by atoms with Crippen molar-refractivity contribution in [3.05, 3.63) is 52.4 Å². The van der Waals surface area contributed by atoms with Crippen LogP contribution >= 0.6 is 22.7 Å². The molecule has 0 unspecified atom stereocenters. The second-order valence-corrected chi connectivity index (χ2v) is 9.01. The van der Waals surface area contributed by atoms with E-state index >= 15 is 0 Å². The number of aryl methyl sites for hydroxylation is 1. The maximum Gasteiger partial charge on any atom is 0.265 e. The lowest BCUT2D eigenvalue weighted by molar-refractivity contribution is 0.0619. The summed E-state index contributed by atoms with van der Waals surface area (Å²) in [5.41, 5.74) is 0.715. The molecule has 1 amide bonds. The molecule has 5 heterocycles.